The summed E-state index contributed by atoms with van der Waals surface area (Å²) in [6.07, 6.45) is -0.0303. The van der Waals surface area contributed by atoms with Gasteiger partial charge in [0.15, 0.2) is 0 Å². The van der Waals surface area contributed by atoms with Crippen molar-refractivity contribution in [3.05, 3.63) is 63.8 Å². The zero-order valence-electron chi connectivity index (χ0n) is 12.0. The Bertz CT molecular complexity index is 738. The quantitative estimate of drug-likeness (QED) is 0.741. The van der Waals surface area contributed by atoms with Crippen LogP contribution in [0.1, 0.15) is 34.9 Å². The average Bonchev–Trinajstić information content (AvgIpc) is 2.52. The van der Waals surface area contributed by atoms with E-state index in [9.17, 15) is 18.8 Å². The normalized spacial score (nSPS) is 11.7. The number of hydrogen-bond donors (Lipinski definition) is 3. The SMILES string of the molecule is O=C(O)CCC(NC(=O)c1ccc(=O)[nH]n1)c1ccc(F)cc1. The summed E-state index contributed by atoms with van der Waals surface area (Å²) in [4.78, 5) is 33.8. The van der Waals surface area contributed by atoms with Crippen molar-refractivity contribution < 1.29 is 19.1 Å². The molecule has 0 aliphatic rings. The smallest absolute Gasteiger partial charge is 0.303 e. The molecule has 0 saturated heterocycles. The molecule has 2 aromatic rings. The summed E-state index contributed by atoms with van der Waals surface area (Å²) in [6, 6.07) is 7.21. The number of carbonyl (C=O) groups excluding carboxylic acids is 1. The van der Waals surface area contributed by atoms with Gasteiger partial charge in [-0.2, -0.15) is 5.10 Å². The number of carboxylic acid groups (broad SMARTS) is 1. The summed E-state index contributed by atoms with van der Waals surface area (Å²) in [5.74, 6) is -2.01. The molecule has 0 radical (unpaired) electrons. The van der Waals surface area contributed by atoms with Gasteiger partial charge in [0.25, 0.3) is 11.5 Å². The predicted molar refractivity (Wildman–Crippen MR) is 78.3 cm³/mol. The highest BCUT2D eigenvalue weighted by atomic mass is 19.1. The van der Waals surface area contributed by atoms with Crippen molar-refractivity contribution in [2.45, 2.75) is 18.9 Å². The molecule has 0 spiro atoms. The van der Waals surface area contributed by atoms with Crippen LogP contribution in [0.25, 0.3) is 0 Å². The van der Waals surface area contributed by atoms with Gasteiger partial charge in [-0.15, -0.1) is 0 Å². The summed E-state index contributed by atoms with van der Waals surface area (Å²) >= 11 is 0. The van der Waals surface area contributed by atoms with Gasteiger partial charge in [-0.1, -0.05) is 12.1 Å². The van der Waals surface area contributed by atoms with Gasteiger partial charge in [-0.25, -0.2) is 9.49 Å². The van der Waals surface area contributed by atoms with E-state index in [1.165, 1.54) is 30.3 Å². The molecule has 1 unspecified atom stereocenters. The van der Waals surface area contributed by atoms with Crippen LogP contribution in [-0.4, -0.2) is 27.2 Å². The molecule has 1 aromatic heterocycles. The molecule has 1 heterocycles. The van der Waals surface area contributed by atoms with E-state index in [0.29, 0.717) is 5.56 Å². The number of rotatable bonds is 6. The van der Waals surface area contributed by atoms with E-state index in [-0.39, 0.29) is 18.5 Å². The Morgan fingerprint density at radius 1 is 1.22 bits per heavy atom. The number of amides is 1. The summed E-state index contributed by atoms with van der Waals surface area (Å²) in [7, 11) is 0. The summed E-state index contributed by atoms with van der Waals surface area (Å²) in [6.45, 7) is 0. The summed E-state index contributed by atoms with van der Waals surface area (Å²) in [5, 5.41) is 17.2. The van der Waals surface area contributed by atoms with Crippen LogP contribution >= 0.6 is 0 Å². The number of carbonyl (C=O) groups is 2. The van der Waals surface area contributed by atoms with Gasteiger partial charge < -0.3 is 10.4 Å². The fourth-order valence-corrected chi connectivity index (χ4v) is 1.99. The van der Waals surface area contributed by atoms with Crippen molar-refractivity contribution in [2.24, 2.45) is 0 Å². The zero-order valence-corrected chi connectivity index (χ0v) is 12.0. The molecule has 7 nitrogen and oxygen atoms in total. The maximum absolute atomic E-state index is 13.0. The first-order valence-electron chi connectivity index (χ1n) is 6.79. The Kier molecular flexibility index (Phi) is 5.19. The molecule has 3 N–H and O–H groups in total. The number of aliphatic carboxylic acids is 1. The Hall–Kier alpha value is -3.03. The second-order valence-corrected chi connectivity index (χ2v) is 4.82. The number of carboxylic acids is 1. The molecule has 1 aromatic carbocycles. The lowest BCUT2D eigenvalue weighted by molar-refractivity contribution is -0.137. The van der Waals surface area contributed by atoms with Crippen LogP contribution in [0.4, 0.5) is 4.39 Å². The van der Waals surface area contributed by atoms with Gasteiger partial charge in [0.1, 0.15) is 11.5 Å². The van der Waals surface area contributed by atoms with E-state index in [1.54, 1.807) is 0 Å². The number of H-pyrrole nitrogens is 1. The van der Waals surface area contributed by atoms with E-state index in [1.807, 2.05) is 0 Å². The van der Waals surface area contributed by atoms with Crippen molar-refractivity contribution >= 4 is 11.9 Å². The van der Waals surface area contributed by atoms with Gasteiger partial charge in [-0.05, 0) is 30.2 Å². The fourth-order valence-electron chi connectivity index (χ4n) is 1.99. The van der Waals surface area contributed by atoms with Gasteiger partial charge >= 0.3 is 5.97 Å². The molecular weight excluding hydrogens is 305 g/mol. The van der Waals surface area contributed by atoms with Crippen LogP contribution < -0.4 is 10.9 Å². The van der Waals surface area contributed by atoms with E-state index in [0.717, 1.165) is 6.07 Å². The van der Waals surface area contributed by atoms with Crippen molar-refractivity contribution in [3.63, 3.8) is 0 Å². The predicted octanol–water partition coefficient (Wildman–Crippen LogP) is 1.24. The minimum absolute atomic E-state index is 0.00737. The molecule has 0 aliphatic heterocycles. The van der Waals surface area contributed by atoms with E-state index < -0.39 is 29.3 Å². The third-order valence-electron chi connectivity index (χ3n) is 3.14. The third kappa shape index (κ3) is 4.73. The number of nitrogens with zero attached hydrogens (tertiary/aromatic N) is 1. The zero-order chi connectivity index (χ0) is 16.8. The van der Waals surface area contributed by atoms with Crippen LogP contribution in [0.15, 0.2) is 41.2 Å². The van der Waals surface area contributed by atoms with Crippen LogP contribution in [0.2, 0.25) is 0 Å². The standard InChI is InChI=1S/C15H14FN3O4/c16-10-3-1-9(2-4-10)11(6-8-14(21)22)17-15(23)12-5-7-13(20)19-18-12/h1-5,7,11H,6,8H2,(H,17,23)(H,19,20)(H,21,22). The summed E-state index contributed by atoms with van der Waals surface area (Å²) in [5.41, 5.74) is 0.125. The van der Waals surface area contributed by atoms with Crippen molar-refractivity contribution in [1.82, 2.24) is 15.5 Å². The van der Waals surface area contributed by atoms with E-state index in [2.05, 4.69) is 15.5 Å². The van der Waals surface area contributed by atoms with Gasteiger partial charge in [0.2, 0.25) is 0 Å². The minimum Gasteiger partial charge on any atom is -0.481 e. The fraction of sp³-hybridized carbons (Fsp3) is 0.200. The number of halogens is 1. The molecule has 0 fully saturated rings. The Morgan fingerprint density at radius 3 is 2.48 bits per heavy atom. The maximum Gasteiger partial charge on any atom is 0.303 e. The molecule has 120 valence electrons. The molecule has 1 atom stereocenters. The highest BCUT2D eigenvalue weighted by Gasteiger charge is 2.18. The van der Waals surface area contributed by atoms with Crippen molar-refractivity contribution in [2.75, 3.05) is 0 Å². The second kappa shape index (κ2) is 7.30. The van der Waals surface area contributed by atoms with E-state index >= 15 is 0 Å². The average molecular weight is 319 g/mol. The first-order chi connectivity index (χ1) is 11.0. The molecule has 8 heteroatoms. The highest BCUT2D eigenvalue weighted by molar-refractivity contribution is 5.92. The third-order valence-corrected chi connectivity index (χ3v) is 3.14. The number of hydrogen-bond acceptors (Lipinski definition) is 4. The van der Waals surface area contributed by atoms with E-state index in [4.69, 9.17) is 5.11 Å². The minimum atomic E-state index is -1.01. The second-order valence-electron chi connectivity index (χ2n) is 4.82. The van der Waals surface area contributed by atoms with Gasteiger partial charge in [0.05, 0.1) is 6.04 Å². The molecule has 0 aliphatic carbocycles. The monoisotopic (exact) mass is 319 g/mol. The number of nitrogens with one attached hydrogen (secondary N) is 2. The van der Waals surface area contributed by atoms with Crippen molar-refractivity contribution in [1.29, 1.82) is 0 Å². The number of benzene rings is 1. The Labute approximate surface area is 130 Å². The lowest BCUT2D eigenvalue weighted by Crippen LogP contribution is -2.30. The number of aromatic amines is 1. The Morgan fingerprint density at radius 2 is 1.91 bits per heavy atom. The van der Waals surface area contributed by atoms with Crippen molar-refractivity contribution in [3.8, 4) is 0 Å². The Balaban J connectivity index is 2.17. The molecule has 0 saturated carbocycles. The van der Waals surface area contributed by atoms with Crippen LogP contribution in [-0.2, 0) is 4.79 Å². The first-order valence-corrected chi connectivity index (χ1v) is 6.79. The molecule has 23 heavy (non-hydrogen) atoms. The molecule has 2 rings (SSSR count). The maximum atomic E-state index is 13.0. The lowest BCUT2D eigenvalue weighted by Gasteiger charge is -2.18. The highest BCUT2D eigenvalue weighted by Crippen LogP contribution is 2.19. The van der Waals surface area contributed by atoms with Gasteiger partial charge in [-0.3, -0.25) is 14.4 Å². The van der Waals surface area contributed by atoms with Gasteiger partial charge in [0, 0.05) is 12.5 Å². The number of aromatic nitrogens is 2. The van der Waals surface area contributed by atoms with Crippen LogP contribution in [0, 0.1) is 5.82 Å². The largest absolute Gasteiger partial charge is 0.481 e. The topological polar surface area (TPSA) is 112 Å². The lowest BCUT2D eigenvalue weighted by atomic mass is 10.0. The van der Waals surface area contributed by atoms with Crippen LogP contribution in [0.5, 0.6) is 0 Å². The molecule has 1 amide bonds. The molecular formula is C15H14FN3O4. The first kappa shape index (κ1) is 16.3. The molecule has 0 bridgehead atoms. The summed E-state index contributed by atoms with van der Waals surface area (Å²) < 4.78 is 13.0. The van der Waals surface area contributed by atoms with Crippen LogP contribution in [0.3, 0.4) is 0 Å².